The predicted octanol–water partition coefficient (Wildman–Crippen LogP) is 3.35. The van der Waals surface area contributed by atoms with E-state index in [1.54, 1.807) is 0 Å². The van der Waals surface area contributed by atoms with Gasteiger partial charge in [-0.15, -0.1) is 23.1 Å². The Bertz CT molecular complexity index is 482. The summed E-state index contributed by atoms with van der Waals surface area (Å²) >= 11 is 8.79. The highest BCUT2D eigenvalue weighted by Crippen LogP contribution is 2.25. The summed E-state index contributed by atoms with van der Waals surface area (Å²) in [6, 6.07) is 3.76. The number of nitrogens with zero attached hydrogens (tertiary/aromatic N) is 1. The lowest BCUT2D eigenvalue weighted by atomic mass is 10.1. The first-order chi connectivity index (χ1) is 9.20. The Balaban J connectivity index is 2.52. The van der Waals surface area contributed by atoms with Gasteiger partial charge < -0.3 is 10.0 Å². The molecular weight excluding hydrogens is 318 g/mol. The van der Waals surface area contributed by atoms with Crippen LogP contribution in [0.4, 0.5) is 0 Å². The number of carbonyl (C=O) groups is 2. The van der Waals surface area contributed by atoms with Gasteiger partial charge in [0.1, 0.15) is 6.54 Å². The van der Waals surface area contributed by atoms with Gasteiger partial charge in [-0.3, -0.25) is 9.59 Å². The van der Waals surface area contributed by atoms with Crippen LogP contribution in [0, 0.1) is 0 Å². The number of rotatable bonds is 6. The van der Waals surface area contributed by atoms with E-state index < -0.39 is 11.5 Å². The highest BCUT2D eigenvalue weighted by atomic mass is 35.5. The van der Waals surface area contributed by atoms with Crippen LogP contribution in [0.3, 0.4) is 0 Å². The summed E-state index contributed by atoms with van der Waals surface area (Å²) in [5.41, 5.74) is -0.498. The van der Waals surface area contributed by atoms with Crippen molar-refractivity contribution in [3.63, 3.8) is 0 Å². The number of carbonyl (C=O) groups excluding carboxylic acids is 1. The molecule has 0 saturated heterocycles. The molecule has 1 rings (SSSR count). The summed E-state index contributed by atoms with van der Waals surface area (Å²) in [6.45, 7) is 5.22. The fourth-order valence-corrected chi connectivity index (χ4v) is 3.68. The van der Waals surface area contributed by atoms with Crippen molar-refractivity contribution in [2.75, 3.05) is 12.3 Å². The van der Waals surface area contributed by atoms with E-state index in [0.717, 1.165) is 9.21 Å². The number of aliphatic carboxylic acids is 1. The maximum Gasteiger partial charge on any atom is 0.323 e. The molecule has 0 unspecified atom stereocenters. The summed E-state index contributed by atoms with van der Waals surface area (Å²) in [7, 11) is 0. The average Bonchev–Trinajstić information content (AvgIpc) is 2.70. The maximum absolute atomic E-state index is 12.1. The Labute approximate surface area is 132 Å². The van der Waals surface area contributed by atoms with Crippen molar-refractivity contribution in [2.24, 2.45) is 0 Å². The van der Waals surface area contributed by atoms with Gasteiger partial charge in [-0.25, -0.2) is 0 Å². The van der Waals surface area contributed by atoms with Gasteiger partial charge in [-0.2, -0.15) is 0 Å². The second-order valence-corrected chi connectivity index (χ2v) is 8.03. The van der Waals surface area contributed by atoms with Crippen LogP contribution in [0.5, 0.6) is 0 Å². The summed E-state index contributed by atoms with van der Waals surface area (Å²) in [6.07, 6.45) is 0. The molecular formula is C13H18ClNO3S2. The molecule has 0 atom stereocenters. The van der Waals surface area contributed by atoms with E-state index in [1.165, 1.54) is 28.0 Å². The predicted molar refractivity (Wildman–Crippen MR) is 84.6 cm³/mol. The minimum Gasteiger partial charge on any atom is -0.480 e. The van der Waals surface area contributed by atoms with Crippen molar-refractivity contribution in [1.29, 1.82) is 0 Å². The van der Waals surface area contributed by atoms with Crippen LogP contribution in [-0.2, 0) is 15.3 Å². The molecule has 0 radical (unpaired) electrons. The lowest BCUT2D eigenvalue weighted by Crippen LogP contribution is -2.49. The van der Waals surface area contributed by atoms with E-state index in [2.05, 4.69) is 0 Å². The van der Waals surface area contributed by atoms with E-state index in [9.17, 15) is 9.59 Å². The maximum atomic E-state index is 12.1. The molecule has 7 heteroatoms. The third-order valence-corrected chi connectivity index (χ3v) is 4.88. The SMILES string of the molecule is CC(C)(C)N(CC(=O)O)C(=O)CSCc1ccc(Cl)s1. The highest BCUT2D eigenvalue weighted by molar-refractivity contribution is 7.99. The molecule has 112 valence electrons. The van der Waals surface area contributed by atoms with Crippen molar-refractivity contribution in [2.45, 2.75) is 32.1 Å². The van der Waals surface area contributed by atoms with Crippen molar-refractivity contribution in [3.05, 3.63) is 21.3 Å². The van der Waals surface area contributed by atoms with Crippen molar-refractivity contribution >= 4 is 46.6 Å². The van der Waals surface area contributed by atoms with Crippen LogP contribution < -0.4 is 0 Å². The van der Waals surface area contributed by atoms with Gasteiger partial charge in [0.2, 0.25) is 5.91 Å². The second-order valence-electron chi connectivity index (χ2n) is 5.24. The van der Waals surface area contributed by atoms with Crippen LogP contribution in [0.2, 0.25) is 4.34 Å². The first-order valence-electron chi connectivity index (χ1n) is 6.04. The second kappa shape index (κ2) is 7.33. The summed E-state index contributed by atoms with van der Waals surface area (Å²) in [4.78, 5) is 25.5. The first-order valence-corrected chi connectivity index (χ1v) is 8.39. The lowest BCUT2D eigenvalue weighted by Gasteiger charge is -2.34. The molecule has 1 aromatic rings. The largest absolute Gasteiger partial charge is 0.480 e. The minimum absolute atomic E-state index is 0.160. The molecule has 1 amide bonds. The van der Waals surface area contributed by atoms with Crippen molar-refractivity contribution < 1.29 is 14.7 Å². The van der Waals surface area contributed by atoms with E-state index in [-0.39, 0.29) is 18.2 Å². The number of carboxylic acids is 1. The van der Waals surface area contributed by atoms with Crippen molar-refractivity contribution in [1.82, 2.24) is 4.90 Å². The number of thiophene rings is 1. The minimum atomic E-state index is -0.997. The molecule has 0 aliphatic rings. The quantitative estimate of drug-likeness (QED) is 0.866. The van der Waals surface area contributed by atoms with E-state index in [4.69, 9.17) is 16.7 Å². The Morgan fingerprint density at radius 2 is 2.05 bits per heavy atom. The molecule has 0 bridgehead atoms. The van der Waals surface area contributed by atoms with Crippen LogP contribution in [0.1, 0.15) is 25.6 Å². The van der Waals surface area contributed by atoms with Crippen LogP contribution in [0.15, 0.2) is 12.1 Å². The molecule has 0 aliphatic heterocycles. The van der Waals surface area contributed by atoms with E-state index in [0.29, 0.717) is 5.75 Å². The van der Waals surface area contributed by atoms with Gasteiger partial charge in [-0.05, 0) is 32.9 Å². The number of thioether (sulfide) groups is 1. The van der Waals surface area contributed by atoms with Gasteiger partial charge in [-0.1, -0.05) is 11.6 Å². The number of amides is 1. The van der Waals surface area contributed by atoms with E-state index in [1.807, 2.05) is 32.9 Å². The Morgan fingerprint density at radius 1 is 1.40 bits per heavy atom. The molecule has 0 spiro atoms. The topological polar surface area (TPSA) is 57.6 Å². The molecule has 0 fully saturated rings. The van der Waals surface area contributed by atoms with Gasteiger partial charge in [0.25, 0.3) is 0 Å². The fourth-order valence-electron chi connectivity index (χ4n) is 1.58. The zero-order valence-electron chi connectivity index (χ0n) is 11.7. The number of hydrogen-bond donors (Lipinski definition) is 1. The van der Waals surface area contributed by atoms with Crippen LogP contribution in [-0.4, -0.2) is 39.7 Å². The number of hydrogen-bond acceptors (Lipinski definition) is 4. The van der Waals surface area contributed by atoms with Crippen LogP contribution in [0.25, 0.3) is 0 Å². The fraction of sp³-hybridized carbons (Fsp3) is 0.538. The molecule has 1 heterocycles. The Kier molecular flexibility index (Phi) is 6.36. The van der Waals surface area contributed by atoms with Gasteiger partial charge in [0.15, 0.2) is 0 Å². The third-order valence-electron chi connectivity index (χ3n) is 2.50. The monoisotopic (exact) mass is 335 g/mol. The smallest absolute Gasteiger partial charge is 0.323 e. The van der Waals surface area contributed by atoms with Crippen molar-refractivity contribution in [3.8, 4) is 0 Å². The molecule has 20 heavy (non-hydrogen) atoms. The number of carboxylic acid groups (broad SMARTS) is 1. The number of halogens is 1. The van der Waals surface area contributed by atoms with Gasteiger partial charge in [0.05, 0.1) is 10.1 Å². The zero-order valence-corrected chi connectivity index (χ0v) is 14.1. The third kappa shape index (κ3) is 5.73. The average molecular weight is 336 g/mol. The van der Waals surface area contributed by atoms with Gasteiger partial charge in [0, 0.05) is 16.2 Å². The Hall–Kier alpha value is -0.720. The lowest BCUT2D eigenvalue weighted by molar-refractivity contribution is -0.146. The van der Waals surface area contributed by atoms with Gasteiger partial charge >= 0.3 is 5.97 Å². The van der Waals surface area contributed by atoms with Crippen LogP contribution >= 0.6 is 34.7 Å². The molecule has 4 nitrogen and oxygen atoms in total. The standard InChI is InChI=1S/C13H18ClNO3S2/c1-13(2,3)15(6-12(17)18)11(16)8-19-7-9-4-5-10(14)20-9/h4-5H,6-8H2,1-3H3,(H,17,18). The normalized spacial score (nSPS) is 11.4. The Morgan fingerprint density at radius 3 is 2.50 bits per heavy atom. The molecule has 0 aromatic carbocycles. The molecule has 0 saturated carbocycles. The molecule has 1 aromatic heterocycles. The summed E-state index contributed by atoms with van der Waals surface area (Å²) in [5.74, 6) is -0.190. The molecule has 0 aliphatic carbocycles. The highest BCUT2D eigenvalue weighted by Gasteiger charge is 2.27. The first kappa shape index (κ1) is 17.3. The summed E-state index contributed by atoms with van der Waals surface area (Å²) < 4.78 is 0.731. The molecule has 1 N–H and O–H groups in total. The zero-order chi connectivity index (χ0) is 15.3. The summed E-state index contributed by atoms with van der Waals surface area (Å²) in [5, 5.41) is 8.89. The van der Waals surface area contributed by atoms with E-state index >= 15 is 0 Å².